The number of methoxy groups -OCH3 is 1. The van der Waals surface area contributed by atoms with E-state index in [0.717, 1.165) is 17.3 Å². The first-order valence-corrected chi connectivity index (χ1v) is 14.2. The smallest absolute Gasteiger partial charge is 0.277 e. The molecule has 2 amide bonds. The number of aromatic nitrogens is 2. The van der Waals surface area contributed by atoms with E-state index in [1.54, 1.807) is 31.4 Å². The summed E-state index contributed by atoms with van der Waals surface area (Å²) in [4.78, 5) is 28.9. The van der Waals surface area contributed by atoms with Gasteiger partial charge in [0, 0.05) is 17.8 Å². The van der Waals surface area contributed by atoms with Crippen molar-refractivity contribution in [2.75, 3.05) is 17.8 Å². The summed E-state index contributed by atoms with van der Waals surface area (Å²) >= 11 is 0.993. The van der Waals surface area contributed by atoms with Gasteiger partial charge in [-0.3, -0.25) is 14.5 Å². The average Bonchev–Trinajstić information content (AvgIpc) is 3.52. The molecule has 0 unspecified atom stereocenters. The van der Waals surface area contributed by atoms with Crippen LogP contribution in [0, 0.1) is 11.6 Å². The van der Waals surface area contributed by atoms with Crippen molar-refractivity contribution in [1.82, 2.24) is 15.5 Å². The van der Waals surface area contributed by atoms with Crippen LogP contribution < -0.4 is 15.0 Å². The fraction of sp³-hybridized carbons (Fsp3) is 0.125. The molecule has 11 heteroatoms. The summed E-state index contributed by atoms with van der Waals surface area (Å²) in [6.45, 7) is 0.202. The van der Waals surface area contributed by atoms with Gasteiger partial charge in [0.1, 0.15) is 23.4 Å². The Morgan fingerprint density at radius 3 is 2.19 bits per heavy atom. The molecular formula is C32H26F2N4O4S. The molecule has 0 aliphatic rings. The van der Waals surface area contributed by atoms with Crippen molar-refractivity contribution in [3.63, 3.8) is 0 Å². The predicted molar refractivity (Wildman–Crippen MR) is 158 cm³/mol. The number of ether oxygens (including phenoxy) is 1. The highest BCUT2D eigenvalue weighted by Gasteiger charge is 2.33. The zero-order chi connectivity index (χ0) is 30.2. The predicted octanol–water partition coefficient (Wildman–Crippen LogP) is 6.21. The van der Waals surface area contributed by atoms with Crippen molar-refractivity contribution in [2.45, 2.75) is 17.8 Å². The first kappa shape index (κ1) is 29.5. The molecular weight excluding hydrogens is 574 g/mol. The largest absolute Gasteiger partial charge is 0.497 e. The van der Waals surface area contributed by atoms with Gasteiger partial charge < -0.3 is 14.5 Å². The van der Waals surface area contributed by atoms with Crippen LogP contribution in [0.3, 0.4) is 0 Å². The number of hydrogen-bond donors (Lipinski definition) is 1. The van der Waals surface area contributed by atoms with E-state index in [-0.39, 0.29) is 29.1 Å². The molecule has 1 atom stereocenters. The second kappa shape index (κ2) is 13.8. The number of carbonyl (C=O) groups is 2. The van der Waals surface area contributed by atoms with Crippen molar-refractivity contribution >= 4 is 29.3 Å². The summed E-state index contributed by atoms with van der Waals surface area (Å²) in [5, 5.41) is 11.1. The Bertz CT molecular complexity index is 1660. The normalized spacial score (nSPS) is 11.5. The summed E-state index contributed by atoms with van der Waals surface area (Å²) in [6, 6.07) is 25.7. The molecule has 1 aromatic heterocycles. The summed E-state index contributed by atoms with van der Waals surface area (Å²) in [6.07, 6.45) is 0. The molecule has 4 aromatic carbocycles. The van der Waals surface area contributed by atoms with Crippen LogP contribution in [0.4, 0.5) is 14.5 Å². The lowest BCUT2D eigenvalue weighted by atomic mass is 10.0. The first-order chi connectivity index (χ1) is 20.9. The van der Waals surface area contributed by atoms with Crippen LogP contribution >= 0.6 is 11.8 Å². The standard InChI is InChI=1S/C32H26F2N4O4S/c1-41-27-17-9-23(10-18-27)31-36-37-32(42-31)43-20-28(39)38(26-15-13-25(34)14-16-26)29(22-7-11-24(33)12-8-22)30(40)35-19-21-5-3-2-4-6-21/h2-18,29H,19-20H2,1H3,(H,35,40)/t29-/m1/s1. The van der Waals surface area contributed by atoms with Gasteiger partial charge in [-0.25, -0.2) is 8.78 Å². The Labute approximate surface area is 250 Å². The molecule has 218 valence electrons. The Balaban J connectivity index is 1.41. The number of rotatable bonds is 11. The quantitative estimate of drug-likeness (QED) is 0.180. The maximum Gasteiger partial charge on any atom is 0.277 e. The fourth-order valence-electron chi connectivity index (χ4n) is 4.29. The fourth-order valence-corrected chi connectivity index (χ4v) is 4.92. The van der Waals surface area contributed by atoms with Crippen molar-refractivity contribution in [1.29, 1.82) is 0 Å². The lowest BCUT2D eigenvalue weighted by Gasteiger charge is -2.31. The molecule has 0 saturated carbocycles. The summed E-state index contributed by atoms with van der Waals surface area (Å²) in [7, 11) is 1.57. The van der Waals surface area contributed by atoms with E-state index in [1.807, 2.05) is 30.3 Å². The number of nitrogens with one attached hydrogen (secondary N) is 1. The highest BCUT2D eigenvalue weighted by atomic mass is 32.2. The molecule has 0 spiro atoms. The molecule has 5 aromatic rings. The monoisotopic (exact) mass is 600 g/mol. The number of nitrogens with zero attached hydrogens (tertiary/aromatic N) is 3. The lowest BCUT2D eigenvalue weighted by molar-refractivity contribution is -0.126. The van der Waals surface area contributed by atoms with Crippen LogP contribution in [0.1, 0.15) is 17.2 Å². The third kappa shape index (κ3) is 7.44. The molecule has 0 aliphatic carbocycles. The van der Waals surface area contributed by atoms with E-state index in [0.29, 0.717) is 16.9 Å². The molecule has 0 aliphatic heterocycles. The van der Waals surface area contributed by atoms with Crippen molar-refractivity contribution in [3.8, 4) is 17.2 Å². The van der Waals surface area contributed by atoms with Gasteiger partial charge in [0.15, 0.2) is 0 Å². The maximum atomic E-state index is 13.9. The van der Waals surface area contributed by atoms with E-state index in [4.69, 9.17) is 9.15 Å². The van der Waals surface area contributed by atoms with Gasteiger partial charge in [-0.1, -0.05) is 54.2 Å². The number of anilines is 1. The molecule has 5 rings (SSSR count). The van der Waals surface area contributed by atoms with Gasteiger partial charge in [-0.2, -0.15) is 0 Å². The number of halogens is 2. The van der Waals surface area contributed by atoms with Crippen LogP contribution in [-0.4, -0.2) is 34.9 Å². The zero-order valence-corrected chi connectivity index (χ0v) is 23.8. The molecule has 0 radical (unpaired) electrons. The molecule has 8 nitrogen and oxygen atoms in total. The number of benzene rings is 4. The number of thioether (sulfide) groups is 1. The lowest BCUT2D eigenvalue weighted by Crippen LogP contribution is -2.44. The van der Waals surface area contributed by atoms with Crippen LogP contribution in [0.15, 0.2) is 113 Å². The van der Waals surface area contributed by atoms with Gasteiger partial charge in [0.05, 0.1) is 12.9 Å². The van der Waals surface area contributed by atoms with Crippen LogP contribution in [0.25, 0.3) is 11.5 Å². The van der Waals surface area contributed by atoms with Gasteiger partial charge in [0.25, 0.3) is 5.22 Å². The maximum absolute atomic E-state index is 13.9. The van der Waals surface area contributed by atoms with E-state index in [9.17, 15) is 18.4 Å². The topological polar surface area (TPSA) is 97.6 Å². The summed E-state index contributed by atoms with van der Waals surface area (Å²) < 4.78 is 38.7. The van der Waals surface area contributed by atoms with Crippen molar-refractivity contribution < 1.29 is 27.5 Å². The van der Waals surface area contributed by atoms with Crippen LogP contribution in [0.5, 0.6) is 5.75 Å². The third-order valence-electron chi connectivity index (χ3n) is 6.44. The van der Waals surface area contributed by atoms with Crippen molar-refractivity contribution in [3.05, 3.63) is 126 Å². The zero-order valence-electron chi connectivity index (χ0n) is 22.9. The molecule has 0 fully saturated rings. The number of carbonyl (C=O) groups excluding carboxylic acids is 2. The minimum atomic E-state index is -1.19. The first-order valence-electron chi connectivity index (χ1n) is 13.2. The summed E-state index contributed by atoms with van der Waals surface area (Å²) in [5.74, 6) is -1.25. The van der Waals surface area contributed by atoms with E-state index >= 15 is 0 Å². The number of hydrogen-bond acceptors (Lipinski definition) is 7. The minimum Gasteiger partial charge on any atom is -0.497 e. The third-order valence-corrected chi connectivity index (χ3v) is 7.24. The Hall–Kier alpha value is -5.03. The highest BCUT2D eigenvalue weighted by molar-refractivity contribution is 7.99. The van der Waals surface area contributed by atoms with Crippen LogP contribution in [-0.2, 0) is 16.1 Å². The SMILES string of the molecule is COc1ccc(-c2nnc(SCC(=O)N(c3ccc(F)cc3)[C@@H](C(=O)NCc3ccccc3)c3ccc(F)cc3)o2)cc1. The summed E-state index contributed by atoms with van der Waals surface area (Å²) in [5.41, 5.74) is 2.17. The van der Waals surface area contributed by atoms with E-state index in [1.165, 1.54) is 53.4 Å². The molecule has 0 bridgehead atoms. The molecule has 1 N–H and O–H groups in total. The Morgan fingerprint density at radius 2 is 1.53 bits per heavy atom. The van der Waals surface area contributed by atoms with E-state index in [2.05, 4.69) is 15.5 Å². The van der Waals surface area contributed by atoms with Gasteiger partial charge in [0.2, 0.25) is 17.7 Å². The second-order valence-corrected chi connectivity index (χ2v) is 10.2. The Morgan fingerprint density at radius 1 is 0.884 bits per heavy atom. The second-order valence-electron chi connectivity index (χ2n) is 9.29. The Kier molecular flexibility index (Phi) is 9.42. The van der Waals surface area contributed by atoms with Crippen LogP contribution in [0.2, 0.25) is 0 Å². The average molecular weight is 601 g/mol. The van der Waals surface area contributed by atoms with Gasteiger partial charge in [-0.15, -0.1) is 10.2 Å². The van der Waals surface area contributed by atoms with Gasteiger partial charge in [-0.05, 0) is 71.8 Å². The molecule has 1 heterocycles. The molecule has 43 heavy (non-hydrogen) atoms. The minimum absolute atomic E-state index is 0.144. The molecule has 0 saturated heterocycles. The number of amides is 2. The van der Waals surface area contributed by atoms with E-state index < -0.39 is 29.5 Å². The van der Waals surface area contributed by atoms with Gasteiger partial charge >= 0.3 is 0 Å². The van der Waals surface area contributed by atoms with Crippen molar-refractivity contribution in [2.24, 2.45) is 0 Å². The highest BCUT2D eigenvalue weighted by Crippen LogP contribution is 2.31.